The summed E-state index contributed by atoms with van der Waals surface area (Å²) in [6.45, 7) is 6.10. The van der Waals surface area contributed by atoms with Crippen LogP contribution >= 0.6 is 0 Å². The SMILES string of the molecule is CCCNC(=O)C1CCCN(C(C)C(=O)NCc2ccccc2F)C1. The van der Waals surface area contributed by atoms with Crippen molar-refractivity contribution in [1.82, 2.24) is 15.5 Å². The van der Waals surface area contributed by atoms with Gasteiger partial charge in [0.15, 0.2) is 0 Å². The summed E-state index contributed by atoms with van der Waals surface area (Å²) in [7, 11) is 0. The van der Waals surface area contributed by atoms with Crippen molar-refractivity contribution in [3.63, 3.8) is 0 Å². The zero-order chi connectivity index (χ0) is 18.2. The molecular formula is C19H28FN3O2. The van der Waals surface area contributed by atoms with Gasteiger partial charge in [-0.3, -0.25) is 14.5 Å². The van der Waals surface area contributed by atoms with Gasteiger partial charge in [0.05, 0.1) is 12.0 Å². The van der Waals surface area contributed by atoms with Crippen LogP contribution in [0.4, 0.5) is 4.39 Å². The smallest absolute Gasteiger partial charge is 0.237 e. The van der Waals surface area contributed by atoms with Gasteiger partial charge in [-0.2, -0.15) is 0 Å². The standard InChI is InChI=1S/C19H28FN3O2/c1-3-10-21-19(25)16-8-6-11-23(13-16)14(2)18(24)22-12-15-7-4-5-9-17(15)20/h4-5,7,9,14,16H,3,6,8,10-13H2,1-2H3,(H,21,25)(H,22,24). The molecule has 1 fully saturated rings. The van der Waals surface area contributed by atoms with E-state index in [0.717, 1.165) is 25.8 Å². The molecule has 0 saturated carbocycles. The first kappa shape index (κ1) is 19.4. The largest absolute Gasteiger partial charge is 0.356 e. The Hall–Kier alpha value is -1.95. The molecule has 138 valence electrons. The predicted octanol–water partition coefficient (Wildman–Crippen LogP) is 2.07. The van der Waals surface area contributed by atoms with E-state index in [4.69, 9.17) is 0 Å². The number of nitrogens with zero attached hydrogens (tertiary/aromatic N) is 1. The first-order valence-corrected chi connectivity index (χ1v) is 9.05. The maximum absolute atomic E-state index is 13.6. The number of likely N-dealkylation sites (tertiary alicyclic amines) is 1. The van der Waals surface area contributed by atoms with Gasteiger partial charge in [0.2, 0.25) is 11.8 Å². The minimum absolute atomic E-state index is 0.0675. The number of carbonyl (C=O) groups excluding carboxylic acids is 2. The van der Waals surface area contributed by atoms with Crippen molar-refractivity contribution in [2.45, 2.75) is 45.7 Å². The number of benzene rings is 1. The number of hydrogen-bond donors (Lipinski definition) is 2. The summed E-state index contributed by atoms with van der Waals surface area (Å²) in [6.07, 6.45) is 2.67. The quantitative estimate of drug-likeness (QED) is 0.792. The van der Waals surface area contributed by atoms with E-state index in [1.807, 2.05) is 18.7 Å². The molecule has 2 amide bonds. The Balaban J connectivity index is 1.86. The van der Waals surface area contributed by atoms with Gasteiger partial charge in [0.1, 0.15) is 5.82 Å². The lowest BCUT2D eigenvalue weighted by Crippen LogP contribution is -2.51. The molecule has 0 aromatic heterocycles. The molecule has 0 radical (unpaired) electrons. The molecule has 1 aromatic rings. The number of amides is 2. The van der Waals surface area contributed by atoms with Crippen LogP contribution in [0.2, 0.25) is 0 Å². The highest BCUT2D eigenvalue weighted by Crippen LogP contribution is 2.19. The van der Waals surface area contributed by atoms with Crippen molar-refractivity contribution in [2.24, 2.45) is 5.92 Å². The second-order valence-electron chi connectivity index (χ2n) is 6.61. The Morgan fingerprint density at radius 1 is 1.32 bits per heavy atom. The van der Waals surface area contributed by atoms with Crippen LogP contribution in [0.5, 0.6) is 0 Å². The van der Waals surface area contributed by atoms with Crippen LogP contribution in [0.25, 0.3) is 0 Å². The van der Waals surface area contributed by atoms with E-state index >= 15 is 0 Å². The monoisotopic (exact) mass is 349 g/mol. The number of hydrogen-bond acceptors (Lipinski definition) is 3. The Bertz CT molecular complexity index is 594. The molecule has 2 N–H and O–H groups in total. The topological polar surface area (TPSA) is 61.4 Å². The molecule has 2 atom stereocenters. The molecular weight excluding hydrogens is 321 g/mol. The fraction of sp³-hybridized carbons (Fsp3) is 0.579. The average molecular weight is 349 g/mol. The van der Waals surface area contributed by atoms with E-state index in [-0.39, 0.29) is 36.1 Å². The van der Waals surface area contributed by atoms with Crippen LogP contribution in [-0.4, -0.2) is 42.4 Å². The van der Waals surface area contributed by atoms with Crippen molar-refractivity contribution >= 4 is 11.8 Å². The van der Waals surface area contributed by atoms with Gasteiger partial charge in [0.25, 0.3) is 0 Å². The molecule has 5 nitrogen and oxygen atoms in total. The van der Waals surface area contributed by atoms with Crippen LogP contribution in [-0.2, 0) is 16.1 Å². The van der Waals surface area contributed by atoms with E-state index in [0.29, 0.717) is 18.7 Å². The Morgan fingerprint density at radius 3 is 2.80 bits per heavy atom. The van der Waals surface area contributed by atoms with E-state index in [9.17, 15) is 14.0 Å². The van der Waals surface area contributed by atoms with Crippen LogP contribution in [0.1, 0.15) is 38.7 Å². The van der Waals surface area contributed by atoms with E-state index < -0.39 is 0 Å². The predicted molar refractivity (Wildman–Crippen MR) is 95.3 cm³/mol. The average Bonchev–Trinajstić information content (AvgIpc) is 2.64. The van der Waals surface area contributed by atoms with Gasteiger partial charge in [-0.25, -0.2) is 4.39 Å². The highest BCUT2D eigenvalue weighted by atomic mass is 19.1. The number of nitrogens with one attached hydrogen (secondary N) is 2. The summed E-state index contributed by atoms with van der Waals surface area (Å²) >= 11 is 0. The molecule has 2 rings (SSSR count). The maximum atomic E-state index is 13.6. The fourth-order valence-electron chi connectivity index (χ4n) is 3.10. The van der Waals surface area contributed by atoms with Crippen molar-refractivity contribution in [3.05, 3.63) is 35.6 Å². The maximum Gasteiger partial charge on any atom is 0.237 e. The van der Waals surface area contributed by atoms with Crippen LogP contribution in [0, 0.1) is 11.7 Å². The molecule has 0 bridgehead atoms. The minimum Gasteiger partial charge on any atom is -0.356 e. The zero-order valence-corrected chi connectivity index (χ0v) is 15.1. The fourth-order valence-corrected chi connectivity index (χ4v) is 3.10. The van der Waals surface area contributed by atoms with Gasteiger partial charge < -0.3 is 10.6 Å². The van der Waals surface area contributed by atoms with Crippen LogP contribution in [0.15, 0.2) is 24.3 Å². The summed E-state index contributed by atoms with van der Waals surface area (Å²) in [6, 6.07) is 6.08. The van der Waals surface area contributed by atoms with Gasteiger partial charge in [-0.15, -0.1) is 0 Å². The van der Waals surface area contributed by atoms with Crippen molar-refractivity contribution < 1.29 is 14.0 Å². The summed E-state index contributed by atoms with van der Waals surface area (Å²) in [5.74, 6) is -0.452. The Kier molecular flexibility index (Phi) is 7.37. The van der Waals surface area contributed by atoms with Crippen LogP contribution < -0.4 is 10.6 Å². The first-order chi connectivity index (χ1) is 12.0. The highest BCUT2D eigenvalue weighted by Gasteiger charge is 2.30. The molecule has 25 heavy (non-hydrogen) atoms. The number of halogens is 1. The van der Waals surface area contributed by atoms with E-state index in [1.165, 1.54) is 6.07 Å². The van der Waals surface area contributed by atoms with Crippen LogP contribution in [0.3, 0.4) is 0 Å². The summed E-state index contributed by atoms with van der Waals surface area (Å²) < 4.78 is 13.6. The summed E-state index contributed by atoms with van der Waals surface area (Å²) in [4.78, 5) is 26.6. The third kappa shape index (κ3) is 5.53. The third-order valence-electron chi connectivity index (χ3n) is 4.71. The Labute approximate surface area is 149 Å². The lowest BCUT2D eigenvalue weighted by Gasteiger charge is -2.35. The van der Waals surface area contributed by atoms with E-state index in [2.05, 4.69) is 10.6 Å². The lowest BCUT2D eigenvalue weighted by molar-refractivity contribution is -0.131. The molecule has 0 spiro atoms. The molecule has 1 saturated heterocycles. The van der Waals surface area contributed by atoms with E-state index in [1.54, 1.807) is 18.2 Å². The van der Waals surface area contributed by atoms with Gasteiger partial charge in [-0.1, -0.05) is 25.1 Å². The second kappa shape index (κ2) is 9.51. The van der Waals surface area contributed by atoms with Gasteiger partial charge in [-0.05, 0) is 38.8 Å². The second-order valence-corrected chi connectivity index (χ2v) is 6.61. The lowest BCUT2D eigenvalue weighted by atomic mass is 9.96. The number of rotatable bonds is 7. The molecule has 1 aromatic carbocycles. The summed E-state index contributed by atoms with van der Waals surface area (Å²) in [5, 5.41) is 5.73. The van der Waals surface area contributed by atoms with Gasteiger partial charge >= 0.3 is 0 Å². The van der Waals surface area contributed by atoms with Crippen molar-refractivity contribution in [2.75, 3.05) is 19.6 Å². The third-order valence-corrected chi connectivity index (χ3v) is 4.71. The first-order valence-electron chi connectivity index (χ1n) is 9.05. The minimum atomic E-state index is -0.339. The zero-order valence-electron chi connectivity index (χ0n) is 15.1. The molecule has 2 unspecified atom stereocenters. The normalized spacial score (nSPS) is 19.2. The molecule has 1 aliphatic heterocycles. The number of carbonyl (C=O) groups is 2. The van der Waals surface area contributed by atoms with Crippen molar-refractivity contribution in [3.8, 4) is 0 Å². The summed E-state index contributed by atoms with van der Waals surface area (Å²) in [5.41, 5.74) is 0.471. The molecule has 1 heterocycles. The molecule has 0 aliphatic carbocycles. The van der Waals surface area contributed by atoms with Crippen molar-refractivity contribution in [1.29, 1.82) is 0 Å². The number of piperidine rings is 1. The van der Waals surface area contributed by atoms with Gasteiger partial charge in [0, 0.05) is 25.2 Å². The molecule has 6 heteroatoms. The molecule has 1 aliphatic rings. The highest BCUT2D eigenvalue weighted by molar-refractivity contribution is 5.82. The Morgan fingerprint density at radius 2 is 2.08 bits per heavy atom.